The molecule has 1 saturated heterocycles. The van der Waals surface area contributed by atoms with Gasteiger partial charge in [0, 0.05) is 42.4 Å². The number of carbonyl (C=O) groups excluding carboxylic acids is 1. The maximum absolute atomic E-state index is 12.9. The molecule has 1 aliphatic heterocycles. The van der Waals surface area contributed by atoms with Gasteiger partial charge in [-0.3, -0.25) is 4.79 Å². The predicted octanol–water partition coefficient (Wildman–Crippen LogP) is 4.67. The number of carbonyl (C=O) groups is 1. The van der Waals surface area contributed by atoms with Gasteiger partial charge in [0.15, 0.2) is 5.65 Å². The largest absolute Gasteiger partial charge is 0.341 e. The van der Waals surface area contributed by atoms with Gasteiger partial charge in [0.25, 0.3) is 0 Å². The summed E-state index contributed by atoms with van der Waals surface area (Å²) in [5.41, 5.74) is 1.85. The van der Waals surface area contributed by atoms with Gasteiger partial charge in [-0.25, -0.2) is 9.38 Å². The van der Waals surface area contributed by atoms with Crippen molar-refractivity contribution in [2.75, 3.05) is 31.1 Å². The number of fused-ring (bicyclic) bond motifs is 3. The smallest absolute Gasteiger partial charge is 0.227 e. The Hall–Kier alpha value is -3.00. The Labute approximate surface area is 203 Å². The average Bonchev–Trinajstić information content (AvgIpc) is 3.49. The number of amides is 1. The minimum Gasteiger partial charge on any atom is -0.341 e. The van der Waals surface area contributed by atoms with Gasteiger partial charge in [-0.05, 0) is 42.8 Å². The molecule has 1 aliphatic carbocycles. The Morgan fingerprint density at radius 2 is 1.82 bits per heavy atom. The van der Waals surface area contributed by atoms with Crippen LogP contribution < -0.4 is 4.90 Å². The van der Waals surface area contributed by atoms with E-state index in [4.69, 9.17) is 10.1 Å². The normalized spacial score (nSPS) is 18.0. The molecule has 4 aromatic rings. The Bertz CT molecular complexity index is 1290. The highest BCUT2D eigenvalue weighted by Gasteiger charge is 2.27. The summed E-state index contributed by atoms with van der Waals surface area (Å²) in [6.07, 6.45) is 7.56. The van der Waals surface area contributed by atoms with Gasteiger partial charge in [-0.1, -0.05) is 37.5 Å². The van der Waals surface area contributed by atoms with E-state index in [0.29, 0.717) is 18.9 Å². The van der Waals surface area contributed by atoms with Crippen molar-refractivity contribution < 1.29 is 4.79 Å². The van der Waals surface area contributed by atoms with Crippen molar-refractivity contribution >= 4 is 39.7 Å². The van der Waals surface area contributed by atoms with Crippen molar-refractivity contribution in [1.82, 2.24) is 24.5 Å². The second kappa shape index (κ2) is 9.33. The Balaban J connectivity index is 1.34. The first-order valence-electron chi connectivity index (χ1n) is 12.5. The summed E-state index contributed by atoms with van der Waals surface area (Å²) in [6.45, 7) is 3.13. The monoisotopic (exact) mass is 474 g/mol. The zero-order valence-corrected chi connectivity index (χ0v) is 20.2. The van der Waals surface area contributed by atoms with Crippen molar-refractivity contribution in [3.8, 4) is 0 Å². The highest BCUT2D eigenvalue weighted by Crippen LogP contribution is 2.34. The highest BCUT2D eigenvalue weighted by molar-refractivity contribution is 7.10. The molecule has 4 heterocycles. The van der Waals surface area contributed by atoms with Gasteiger partial charge in [-0.2, -0.15) is 0 Å². The van der Waals surface area contributed by atoms with Crippen molar-refractivity contribution in [3.05, 3.63) is 52.5 Å². The molecule has 6 rings (SSSR count). The fourth-order valence-corrected chi connectivity index (χ4v) is 6.16. The number of nitrogens with zero attached hydrogens (tertiary/aromatic N) is 6. The van der Waals surface area contributed by atoms with Crippen LogP contribution in [0.2, 0.25) is 0 Å². The standard InChI is InChI=1S/C26H30N6OS/c33-23(18-20-10-6-17-34-20)30-13-7-14-31(16-15-30)26-27-22-12-5-4-11-21(22)25-29-28-24(32(25)26)19-8-2-1-3-9-19/h4-6,10-12,17,19H,1-3,7-9,13-16,18H2. The molecule has 176 valence electrons. The maximum atomic E-state index is 12.9. The summed E-state index contributed by atoms with van der Waals surface area (Å²) in [6, 6.07) is 12.3. The second-order valence-corrected chi connectivity index (χ2v) is 10.5. The molecule has 34 heavy (non-hydrogen) atoms. The summed E-state index contributed by atoms with van der Waals surface area (Å²) in [5.74, 6) is 2.62. The van der Waals surface area contributed by atoms with Crippen molar-refractivity contribution in [1.29, 1.82) is 0 Å². The van der Waals surface area contributed by atoms with Crippen LogP contribution in [-0.4, -0.2) is 56.6 Å². The first-order chi connectivity index (χ1) is 16.8. The summed E-state index contributed by atoms with van der Waals surface area (Å²) in [7, 11) is 0. The number of benzene rings is 1. The summed E-state index contributed by atoms with van der Waals surface area (Å²) >= 11 is 1.65. The Morgan fingerprint density at radius 3 is 2.68 bits per heavy atom. The minimum atomic E-state index is 0.216. The molecule has 2 fully saturated rings. The van der Waals surface area contributed by atoms with Gasteiger partial charge in [0.2, 0.25) is 11.9 Å². The van der Waals surface area contributed by atoms with E-state index in [1.165, 1.54) is 19.3 Å². The van der Waals surface area contributed by atoms with E-state index in [1.807, 2.05) is 34.5 Å². The fourth-order valence-electron chi connectivity index (χ4n) is 5.46. The Kier molecular flexibility index (Phi) is 5.91. The Morgan fingerprint density at radius 1 is 0.941 bits per heavy atom. The van der Waals surface area contributed by atoms with E-state index in [1.54, 1.807) is 11.3 Å². The van der Waals surface area contributed by atoms with Gasteiger partial charge >= 0.3 is 0 Å². The van der Waals surface area contributed by atoms with E-state index in [2.05, 4.69) is 26.5 Å². The van der Waals surface area contributed by atoms with Gasteiger partial charge in [0.05, 0.1) is 11.9 Å². The predicted molar refractivity (Wildman–Crippen MR) is 136 cm³/mol. The van der Waals surface area contributed by atoms with Crippen LogP contribution in [0.5, 0.6) is 0 Å². The van der Waals surface area contributed by atoms with Crippen LogP contribution in [0.4, 0.5) is 5.95 Å². The molecule has 0 bridgehead atoms. The topological polar surface area (TPSA) is 66.6 Å². The molecule has 2 aliphatic rings. The minimum absolute atomic E-state index is 0.216. The summed E-state index contributed by atoms with van der Waals surface area (Å²) in [4.78, 5) is 23.6. The van der Waals surface area contributed by atoms with Crippen LogP contribution >= 0.6 is 11.3 Å². The number of hydrogen-bond acceptors (Lipinski definition) is 6. The van der Waals surface area contributed by atoms with E-state index in [0.717, 1.165) is 72.1 Å². The van der Waals surface area contributed by atoms with E-state index in [-0.39, 0.29) is 5.91 Å². The van der Waals surface area contributed by atoms with E-state index < -0.39 is 0 Å². The van der Waals surface area contributed by atoms with Crippen molar-refractivity contribution in [2.45, 2.75) is 50.9 Å². The third-order valence-corrected chi connectivity index (χ3v) is 8.14. The molecule has 1 saturated carbocycles. The molecule has 8 heteroatoms. The van der Waals surface area contributed by atoms with Crippen LogP contribution in [0, 0.1) is 0 Å². The summed E-state index contributed by atoms with van der Waals surface area (Å²) in [5, 5.41) is 12.5. The number of aromatic nitrogens is 4. The van der Waals surface area contributed by atoms with Crippen molar-refractivity contribution in [3.63, 3.8) is 0 Å². The molecule has 0 spiro atoms. The molecule has 0 unspecified atom stereocenters. The molecular weight excluding hydrogens is 444 g/mol. The SMILES string of the molecule is O=C(Cc1cccs1)N1CCCN(c2nc3ccccc3c3nnc(C4CCCCC4)n23)CC1. The van der Waals surface area contributed by atoms with Gasteiger partial charge < -0.3 is 9.80 Å². The number of hydrogen-bond donors (Lipinski definition) is 0. The molecule has 1 amide bonds. The molecule has 1 aromatic carbocycles. The zero-order chi connectivity index (χ0) is 22.9. The third-order valence-electron chi connectivity index (χ3n) is 7.26. The van der Waals surface area contributed by atoms with Gasteiger partial charge in [-0.15, -0.1) is 21.5 Å². The molecule has 7 nitrogen and oxygen atoms in total. The molecule has 0 N–H and O–H groups in total. The lowest BCUT2D eigenvalue weighted by Crippen LogP contribution is -2.36. The summed E-state index contributed by atoms with van der Waals surface area (Å²) < 4.78 is 2.22. The number of anilines is 1. The molecular formula is C26H30N6OS. The van der Waals surface area contributed by atoms with Crippen LogP contribution in [0.15, 0.2) is 41.8 Å². The first kappa shape index (κ1) is 21.5. The number of rotatable bonds is 4. The lowest BCUT2D eigenvalue weighted by atomic mass is 9.89. The van der Waals surface area contributed by atoms with Gasteiger partial charge in [0.1, 0.15) is 5.82 Å². The average molecular weight is 475 g/mol. The molecule has 0 atom stereocenters. The second-order valence-electron chi connectivity index (χ2n) is 9.46. The van der Waals surface area contributed by atoms with E-state index in [9.17, 15) is 4.79 Å². The molecule has 0 radical (unpaired) electrons. The van der Waals surface area contributed by atoms with Crippen LogP contribution in [0.1, 0.15) is 55.1 Å². The number of thiophene rings is 1. The quantitative estimate of drug-likeness (QED) is 0.430. The number of para-hydroxylation sites is 1. The maximum Gasteiger partial charge on any atom is 0.227 e. The van der Waals surface area contributed by atoms with Crippen LogP contribution in [0.25, 0.3) is 16.6 Å². The zero-order valence-electron chi connectivity index (χ0n) is 19.4. The first-order valence-corrected chi connectivity index (χ1v) is 13.3. The fraction of sp³-hybridized carbons (Fsp3) is 0.462. The van der Waals surface area contributed by atoms with Crippen LogP contribution in [-0.2, 0) is 11.2 Å². The highest BCUT2D eigenvalue weighted by atomic mass is 32.1. The van der Waals surface area contributed by atoms with Crippen molar-refractivity contribution in [2.24, 2.45) is 0 Å². The van der Waals surface area contributed by atoms with E-state index >= 15 is 0 Å². The lowest BCUT2D eigenvalue weighted by Gasteiger charge is -2.26. The lowest BCUT2D eigenvalue weighted by molar-refractivity contribution is -0.130. The van der Waals surface area contributed by atoms with Crippen LogP contribution in [0.3, 0.4) is 0 Å². The third kappa shape index (κ3) is 4.04. The molecule has 3 aromatic heterocycles.